The third-order valence-corrected chi connectivity index (χ3v) is 4.74. The van der Waals surface area contributed by atoms with E-state index in [1.165, 1.54) is 0 Å². The van der Waals surface area contributed by atoms with E-state index in [0.29, 0.717) is 6.10 Å². The van der Waals surface area contributed by atoms with Gasteiger partial charge in [-0.15, -0.1) is 6.58 Å². The molecule has 0 N–H and O–H groups in total. The molecule has 2 heteroatoms. The average molecular weight is 200 g/mol. The van der Waals surface area contributed by atoms with Crippen molar-refractivity contribution < 1.29 is 4.74 Å². The van der Waals surface area contributed by atoms with Gasteiger partial charge in [0.1, 0.15) is 0 Å². The summed E-state index contributed by atoms with van der Waals surface area (Å²) in [5, 5.41) is 0. The van der Waals surface area contributed by atoms with E-state index < -0.39 is 0 Å². The molecule has 76 valence electrons. The highest BCUT2D eigenvalue weighted by Gasteiger charge is 2.45. The summed E-state index contributed by atoms with van der Waals surface area (Å²) < 4.78 is 6.23. The van der Waals surface area contributed by atoms with Crippen molar-refractivity contribution in [3.05, 3.63) is 12.7 Å². The Morgan fingerprint density at radius 1 is 1.54 bits per heavy atom. The predicted molar refractivity (Wildman–Crippen MR) is 60.3 cm³/mol. The topological polar surface area (TPSA) is 9.23 Å². The molecule has 0 amide bonds. The Bertz CT molecular complexity index is 200. The molecule has 0 aromatic carbocycles. The fourth-order valence-electron chi connectivity index (χ4n) is 1.67. The second-order valence-corrected chi connectivity index (χ2v) is 6.12. The van der Waals surface area contributed by atoms with Gasteiger partial charge in [-0.1, -0.05) is 6.08 Å². The summed E-state index contributed by atoms with van der Waals surface area (Å²) in [6.45, 7) is 12.6. The zero-order chi connectivity index (χ0) is 10.1. The van der Waals surface area contributed by atoms with Gasteiger partial charge in [-0.2, -0.15) is 11.8 Å². The van der Waals surface area contributed by atoms with Crippen LogP contribution in [0.4, 0.5) is 0 Å². The zero-order valence-electron chi connectivity index (χ0n) is 9.09. The van der Waals surface area contributed by atoms with Gasteiger partial charge in [0.2, 0.25) is 0 Å². The summed E-state index contributed by atoms with van der Waals surface area (Å²) in [4.78, 5) is 0. The van der Waals surface area contributed by atoms with Crippen molar-refractivity contribution in [2.75, 3.05) is 5.75 Å². The molecular formula is C11H20OS. The fraction of sp³-hybridized carbons (Fsp3) is 0.818. The first-order chi connectivity index (χ1) is 5.91. The van der Waals surface area contributed by atoms with Crippen LogP contribution >= 0.6 is 11.8 Å². The summed E-state index contributed by atoms with van der Waals surface area (Å²) in [6, 6.07) is 0. The van der Waals surface area contributed by atoms with E-state index >= 15 is 0 Å². The summed E-state index contributed by atoms with van der Waals surface area (Å²) in [5.74, 6) is 1.10. The first-order valence-electron chi connectivity index (χ1n) is 4.84. The lowest BCUT2D eigenvalue weighted by Gasteiger charge is -2.49. The first-order valence-corrected chi connectivity index (χ1v) is 5.82. The number of rotatable bonds is 2. The van der Waals surface area contributed by atoms with Crippen molar-refractivity contribution in [1.29, 1.82) is 0 Å². The smallest absolute Gasteiger partial charge is 0.0833 e. The molecule has 0 saturated carbocycles. The molecule has 0 unspecified atom stereocenters. The van der Waals surface area contributed by atoms with Crippen LogP contribution in [0.2, 0.25) is 0 Å². The Balaban J connectivity index is 2.81. The van der Waals surface area contributed by atoms with Crippen LogP contribution in [-0.2, 0) is 4.74 Å². The molecule has 1 aliphatic rings. The molecule has 1 fully saturated rings. The Kier molecular flexibility index (Phi) is 3.13. The van der Waals surface area contributed by atoms with Crippen LogP contribution in [0.3, 0.4) is 0 Å². The number of hydrogen-bond acceptors (Lipinski definition) is 2. The van der Waals surface area contributed by atoms with Crippen molar-refractivity contribution in [2.45, 2.75) is 50.6 Å². The Morgan fingerprint density at radius 3 is 2.69 bits per heavy atom. The molecule has 0 bridgehead atoms. The molecule has 1 rings (SSSR count). The lowest BCUT2D eigenvalue weighted by atomic mass is 9.87. The summed E-state index contributed by atoms with van der Waals surface area (Å²) in [6.07, 6.45) is 3.25. The van der Waals surface area contributed by atoms with E-state index in [4.69, 9.17) is 4.74 Å². The molecule has 0 spiro atoms. The molecule has 2 atom stereocenters. The molecule has 13 heavy (non-hydrogen) atoms. The molecule has 0 aromatic rings. The largest absolute Gasteiger partial charge is 0.370 e. The van der Waals surface area contributed by atoms with E-state index in [1.54, 1.807) is 0 Å². The zero-order valence-corrected chi connectivity index (χ0v) is 9.91. The van der Waals surface area contributed by atoms with E-state index in [1.807, 2.05) is 17.8 Å². The van der Waals surface area contributed by atoms with Crippen LogP contribution in [-0.4, -0.2) is 22.2 Å². The number of hydrogen-bond donors (Lipinski definition) is 0. The molecule has 1 saturated heterocycles. The van der Waals surface area contributed by atoms with Gasteiger partial charge in [-0.05, 0) is 34.1 Å². The second-order valence-electron chi connectivity index (χ2n) is 4.47. The lowest BCUT2D eigenvalue weighted by Crippen LogP contribution is -2.53. The van der Waals surface area contributed by atoms with E-state index in [9.17, 15) is 0 Å². The number of thioether (sulfide) groups is 1. The summed E-state index contributed by atoms with van der Waals surface area (Å²) >= 11 is 2.00. The van der Waals surface area contributed by atoms with Gasteiger partial charge in [-0.3, -0.25) is 0 Å². The molecule has 0 aliphatic carbocycles. The maximum Gasteiger partial charge on any atom is 0.0833 e. The third kappa shape index (κ3) is 2.10. The molecule has 1 aliphatic heterocycles. The minimum Gasteiger partial charge on any atom is -0.370 e. The van der Waals surface area contributed by atoms with Gasteiger partial charge >= 0.3 is 0 Å². The maximum absolute atomic E-state index is 6.04. The molecule has 0 aromatic heterocycles. The highest BCUT2D eigenvalue weighted by atomic mass is 32.2. The quantitative estimate of drug-likeness (QED) is 0.633. The van der Waals surface area contributed by atoms with E-state index in [-0.39, 0.29) is 10.3 Å². The van der Waals surface area contributed by atoms with Gasteiger partial charge in [0, 0.05) is 10.5 Å². The SMILES string of the molecule is C=CC[C@]1(C)O[C@@H](C)CSC1(C)C. The Labute approximate surface area is 85.9 Å². The van der Waals surface area contributed by atoms with Gasteiger partial charge < -0.3 is 4.74 Å². The highest BCUT2D eigenvalue weighted by molar-refractivity contribution is 8.00. The monoisotopic (exact) mass is 200 g/mol. The van der Waals surface area contributed by atoms with Crippen LogP contribution in [0, 0.1) is 0 Å². The normalized spacial score (nSPS) is 38.6. The minimum absolute atomic E-state index is 0.0584. The fourth-order valence-corrected chi connectivity index (χ4v) is 2.82. The number of ether oxygens (including phenoxy) is 1. The predicted octanol–water partition coefficient (Wildman–Crippen LogP) is 3.25. The van der Waals surface area contributed by atoms with Crippen LogP contribution in [0.25, 0.3) is 0 Å². The van der Waals surface area contributed by atoms with Crippen molar-refractivity contribution in [2.24, 2.45) is 0 Å². The molecular weight excluding hydrogens is 180 g/mol. The van der Waals surface area contributed by atoms with Gasteiger partial charge in [0.25, 0.3) is 0 Å². The highest BCUT2D eigenvalue weighted by Crippen LogP contribution is 2.45. The Hall–Kier alpha value is 0.0500. The van der Waals surface area contributed by atoms with Gasteiger partial charge in [-0.25, -0.2) is 0 Å². The lowest BCUT2D eigenvalue weighted by molar-refractivity contribution is -0.0897. The van der Waals surface area contributed by atoms with Gasteiger partial charge in [0.15, 0.2) is 0 Å². The molecule has 0 radical (unpaired) electrons. The maximum atomic E-state index is 6.04. The standard InChI is InChI=1S/C11H20OS/c1-6-7-11(5)10(3,4)13-8-9(2)12-11/h6,9H,1,7-8H2,2-5H3/t9-,11-/m0/s1. The summed E-state index contributed by atoms with van der Waals surface area (Å²) in [7, 11) is 0. The van der Waals surface area contributed by atoms with Crippen LogP contribution in [0.15, 0.2) is 12.7 Å². The summed E-state index contributed by atoms with van der Waals surface area (Å²) in [5.41, 5.74) is -0.0584. The molecule has 1 nitrogen and oxygen atoms in total. The third-order valence-electron chi connectivity index (χ3n) is 2.95. The van der Waals surface area contributed by atoms with E-state index in [0.717, 1.165) is 12.2 Å². The Morgan fingerprint density at radius 2 is 2.15 bits per heavy atom. The van der Waals surface area contributed by atoms with Crippen LogP contribution in [0.1, 0.15) is 34.1 Å². The first kappa shape index (κ1) is 11.1. The van der Waals surface area contributed by atoms with Gasteiger partial charge in [0.05, 0.1) is 11.7 Å². The second kappa shape index (κ2) is 3.66. The van der Waals surface area contributed by atoms with Crippen molar-refractivity contribution in [3.63, 3.8) is 0 Å². The van der Waals surface area contributed by atoms with E-state index in [2.05, 4.69) is 34.3 Å². The van der Waals surface area contributed by atoms with Crippen molar-refractivity contribution >= 4 is 11.8 Å². The van der Waals surface area contributed by atoms with Crippen molar-refractivity contribution in [1.82, 2.24) is 0 Å². The van der Waals surface area contributed by atoms with Crippen molar-refractivity contribution in [3.8, 4) is 0 Å². The van der Waals surface area contributed by atoms with Crippen LogP contribution < -0.4 is 0 Å². The minimum atomic E-state index is -0.0584. The van der Waals surface area contributed by atoms with Crippen LogP contribution in [0.5, 0.6) is 0 Å². The molecule has 1 heterocycles. The average Bonchev–Trinajstić information content (AvgIpc) is 1.99.